The van der Waals surface area contributed by atoms with Gasteiger partial charge in [0.1, 0.15) is 0 Å². The molecule has 3 rings (SSSR count). The third-order valence-corrected chi connectivity index (χ3v) is 4.09. The maximum atomic E-state index is 12.4. The van der Waals surface area contributed by atoms with E-state index in [1.165, 1.54) is 0 Å². The Morgan fingerprint density at radius 1 is 1.05 bits per heavy atom. The summed E-state index contributed by atoms with van der Waals surface area (Å²) in [6.45, 7) is 1.79. The molecule has 1 atom stereocenters. The first kappa shape index (κ1) is 14.2. The SMILES string of the molecule is CC(C(=O)NO)(c1ccccc1)c1ccc2cccnc2c1. The second kappa shape index (κ2) is 5.58. The Bertz CT molecular complexity index is 817. The number of rotatable bonds is 3. The molecule has 0 bridgehead atoms. The summed E-state index contributed by atoms with van der Waals surface area (Å²) in [5, 5.41) is 10.2. The van der Waals surface area contributed by atoms with Gasteiger partial charge in [-0.3, -0.25) is 15.0 Å². The van der Waals surface area contributed by atoms with Crippen molar-refractivity contribution >= 4 is 16.8 Å². The number of fused-ring (bicyclic) bond motifs is 1. The summed E-state index contributed by atoms with van der Waals surface area (Å²) >= 11 is 0. The molecule has 1 unspecified atom stereocenters. The zero-order valence-electron chi connectivity index (χ0n) is 12.2. The van der Waals surface area contributed by atoms with Crippen molar-refractivity contribution in [3.8, 4) is 0 Å². The molecule has 110 valence electrons. The molecule has 0 aliphatic rings. The van der Waals surface area contributed by atoms with Gasteiger partial charge in [-0.15, -0.1) is 0 Å². The topological polar surface area (TPSA) is 62.2 Å². The minimum absolute atomic E-state index is 0.478. The van der Waals surface area contributed by atoms with Crippen LogP contribution in [0.25, 0.3) is 10.9 Å². The first-order valence-electron chi connectivity index (χ1n) is 7.01. The fourth-order valence-corrected chi connectivity index (χ4v) is 2.69. The summed E-state index contributed by atoms with van der Waals surface area (Å²) in [5.74, 6) is -0.478. The van der Waals surface area contributed by atoms with Crippen LogP contribution in [0.1, 0.15) is 18.1 Å². The van der Waals surface area contributed by atoms with Crippen molar-refractivity contribution in [1.82, 2.24) is 10.5 Å². The number of carbonyl (C=O) groups is 1. The summed E-state index contributed by atoms with van der Waals surface area (Å²) in [5.41, 5.74) is 3.18. The average molecular weight is 292 g/mol. The summed E-state index contributed by atoms with van der Waals surface area (Å²) in [6.07, 6.45) is 1.72. The normalized spacial score (nSPS) is 13.5. The van der Waals surface area contributed by atoms with Crippen LogP contribution in [0.2, 0.25) is 0 Å². The number of hydrogen-bond acceptors (Lipinski definition) is 3. The number of pyridine rings is 1. The van der Waals surface area contributed by atoms with Crippen molar-refractivity contribution in [1.29, 1.82) is 0 Å². The Labute approximate surface area is 128 Å². The molecular formula is C18H16N2O2. The van der Waals surface area contributed by atoms with E-state index in [9.17, 15) is 10.0 Å². The molecule has 0 aliphatic carbocycles. The fraction of sp³-hybridized carbons (Fsp3) is 0.111. The molecule has 1 heterocycles. The van der Waals surface area contributed by atoms with Crippen LogP contribution >= 0.6 is 0 Å². The highest BCUT2D eigenvalue weighted by Gasteiger charge is 2.37. The van der Waals surface area contributed by atoms with E-state index in [0.717, 1.165) is 22.0 Å². The molecule has 0 fully saturated rings. The van der Waals surface area contributed by atoms with E-state index in [1.807, 2.05) is 60.7 Å². The van der Waals surface area contributed by atoms with Crippen LogP contribution < -0.4 is 5.48 Å². The van der Waals surface area contributed by atoms with Gasteiger partial charge in [0.05, 0.1) is 10.9 Å². The number of hydrogen-bond donors (Lipinski definition) is 2. The van der Waals surface area contributed by atoms with Gasteiger partial charge >= 0.3 is 0 Å². The summed E-state index contributed by atoms with van der Waals surface area (Å²) in [6, 6.07) is 18.9. The molecule has 22 heavy (non-hydrogen) atoms. The number of amides is 1. The Hall–Kier alpha value is -2.72. The minimum atomic E-state index is -0.998. The van der Waals surface area contributed by atoms with Crippen LogP contribution in [0.3, 0.4) is 0 Å². The highest BCUT2D eigenvalue weighted by molar-refractivity contribution is 5.92. The molecule has 0 saturated carbocycles. The lowest BCUT2D eigenvalue weighted by atomic mass is 9.75. The molecule has 4 nitrogen and oxygen atoms in total. The van der Waals surface area contributed by atoms with Gasteiger partial charge in [-0.2, -0.15) is 0 Å². The van der Waals surface area contributed by atoms with Gasteiger partial charge in [0.25, 0.3) is 5.91 Å². The molecule has 0 radical (unpaired) electrons. The van der Waals surface area contributed by atoms with Crippen LogP contribution in [-0.2, 0) is 10.2 Å². The largest absolute Gasteiger partial charge is 0.289 e. The second-order valence-electron chi connectivity index (χ2n) is 5.34. The van der Waals surface area contributed by atoms with Crippen LogP contribution in [0.4, 0.5) is 0 Å². The third kappa shape index (κ3) is 2.23. The van der Waals surface area contributed by atoms with Crippen molar-refractivity contribution in [3.05, 3.63) is 78.0 Å². The van der Waals surface area contributed by atoms with Crippen LogP contribution in [0.5, 0.6) is 0 Å². The lowest BCUT2D eigenvalue weighted by molar-refractivity contribution is -0.133. The van der Waals surface area contributed by atoms with E-state index < -0.39 is 11.3 Å². The van der Waals surface area contributed by atoms with Gasteiger partial charge < -0.3 is 0 Å². The van der Waals surface area contributed by atoms with Crippen molar-refractivity contribution < 1.29 is 10.0 Å². The molecule has 1 amide bonds. The minimum Gasteiger partial charge on any atom is -0.289 e. The molecule has 1 aromatic heterocycles. The predicted molar refractivity (Wildman–Crippen MR) is 84.6 cm³/mol. The van der Waals surface area contributed by atoms with Gasteiger partial charge in [-0.1, -0.05) is 48.5 Å². The van der Waals surface area contributed by atoms with Gasteiger partial charge in [-0.25, -0.2) is 5.48 Å². The van der Waals surface area contributed by atoms with E-state index in [2.05, 4.69) is 4.98 Å². The Balaban J connectivity index is 2.22. The van der Waals surface area contributed by atoms with Gasteiger partial charge in [0.2, 0.25) is 0 Å². The molecule has 2 aromatic carbocycles. The number of nitrogens with zero attached hydrogens (tertiary/aromatic N) is 1. The van der Waals surface area contributed by atoms with E-state index in [0.29, 0.717) is 0 Å². The maximum Gasteiger partial charge on any atom is 0.258 e. The molecule has 0 saturated heterocycles. The predicted octanol–water partition coefficient (Wildman–Crippen LogP) is 3.05. The second-order valence-corrected chi connectivity index (χ2v) is 5.34. The Kier molecular flexibility index (Phi) is 3.61. The monoisotopic (exact) mass is 292 g/mol. The first-order chi connectivity index (χ1) is 10.7. The number of aromatic nitrogens is 1. The smallest absolute Gasteiger partial charge is 0.258 e. The molecule has 3 aromatic rings. The van der Waals surface area contributed by atoms with Gasteiger partial charge in [0.15, 0.2) is 0 Å². The van der Waals surface area contributed by atoms with E-state index >= 15 is 0 Å². The van der Waals surface area contributed by atoms with E-state index in [4.69, 9.17) is 0 Å². The number of hydroxylamine groups is 1. The molecule has 0 spiro atoms. The van der Waals surface area contributed by atoms with E-state index in [1.54, 1.807) is 18.6 Å². The maximum absolute atomic E-state index is 12.4. The summed E-state index contributed by atoms with van der Waals surface area (Å²) in [7, 11) is 0. The third-order valence-electron chi connectivity index (χ3n) is 4.09. The number of nitrogens with one attached hydrogen (secondary N) is 1. The molecule has 2 N–H and O–H groups in total. The first-order valence-corrected chi connectivity index (χ1v) is 7.01. The van der Waals surface area contributed by atoms with Crippen molar-refractivity contribution in [2.45, 2.75) is 12.3 Å². The Morgan fingerprint density at radius 3 is 2.55 bits per heavy atom. The van der Waals surface area contributed by atoms with Crippen molar-refractivity contribution in [2.75, 3.05) is 0 Å². The quantitative estimate of drug-likeness (QED) is 0.576. The highest BCUT2D eigenvalue weighted by Crippen LogP contribution is 2.33. The fourth-order valence-electron chi connectivity index (χ4n) is 2.69. The zero-order chi connectivity index (χ0) is 15.6. The average Bonchev–Trinajstić information content (AvgIpc) is 2.60. The highest BCUT2D eigenvalue weighted by atomic mass is 16.5. The van der Waals surface area contributed by atoms with Gasteiger partial charge in [0, 0.05) is 11.6 Å². The van der Waals surface area contributed by atoms with Crippen LogP contribution in [0.15, 0.2) is 66.9 Å². The van der Waals surface area contributed by atoms with Crippen LogP contribution in [0, 0.1) is 0 Å². The standard InChI is InChI=1S/C18H16N2O2/c1-18(17(21)20-22,14-7-3-2-4-8-14)15-10-9-13-6-5-11-19-16(13)12-15/h2-12,22H,1H3,(H,20,21). The molecular weight excluding hydrogens is 276 g/mol. The van der Waals surface area contributed by atoms with E-state index in [-0.39, 0.29) is 0 Å². The molecule has 0 aliphatic heterocycles. The Morgan fingerprint density at radius 2 is 1.82 bits per heavy atom. The summed E-state index contributed by atoms with van der Waals surface area (Å²) in [4.78, 5) is 16.7. The molecule has 4 heteroatoms. The summed E-state index contributed by atoms with van der Waals surface area (Å²) < 4.78 is 0. The van der Waals surface area contributed by atoms with Crippen LogP contribution in [-0.4, -0.2) is 16.1 Å². The zero-order valence-corrected chi connectivity index (χ0v) is 12.2. The number of carbonyl (C=O) groups excluding carboxylic acids is 1. The lowest BCUT2D eigenvalue weighted by Gasteiger charge is -2.28. The van der Waals surface area contributed by atoms with Crippen molar-refractivity contribution in [3.63, 3.8) is 0 Å². The lowest BCUT2D eigenvalue weighted by Crippen LogP contribution is -2.41. The van der Waals surface area contributed by atoms with Crippen molar-refractivity contribution in [2.24, 2.45) is 0 Å². The van der Waals surface area contributed by atoms with Gasteiger partial charge in [-0.05, 0) is 30.2 Å². The number of benzene rings is 2.